The number of anilines is 1. The lowest BCUT2D eigenvalue weighted by molar-refractivity contribution is -0.117. The fraction of sp³-hybridized carbons (Fsp3) is 0.350. The normalized spacial score (nSPS) is 12.0. The molecule has 0 fully saturated rings. The lowest BCUT2D eigenvalue weighted by atomic mass is 9.95. The van der Waals surface area contributed by atoms with Crippen molar-refractivity contribution in [2.24, 2.45) is 0 Å². The number of amides is 1. The Balaban J connectivity index is 2.28. The van der Waals surface area contributed by atoms with E-state index in [0.29, 0.717) is 0 Å². The van der Waals surface area contributed by atoms with Crippen LogP contribution in [0.2, 0.25) is 0 Å². The van der Waals surface area contributed by atoms with Crippen molar-refractivity contribution < 1.29 is 4.79 Å². The Hall–Kier alpha value is -2.09. The number of benzene rings is 2. The highest BCUT2D eigenvalue weighted by atomic mass is 16.1. The Bertz CT molecular complexity index is 597. The Morgan fingerprint density at radius 1 is 0.909 bits per heavy atom. The van der Waals surface area contributed by atoms with E-state index in [1.54, 1.807) is 0 Å². The molecular formula is C20H25NO. The standard InChI is InChI=1S/C20H25NO/c1-4-15-13-10-14-16(5-2)19(15)21-20(22)18(6-3)17-11-8-7-9-12-17/h7-14,18H,4-6H2,1-3H3,(H,21,22)/t18-/m1/s1. The van der Waals surface area contributed by atoms with Crippen LogP contribution >= 0.6 is 0 Å². The van der Waals surface area contributed by atoms with Gasteiger partial charge in [-0.15, -0.1) is 0 Å². The molecule has 0 spiro atoms. The van der Waals surface area contributed by atoms with Crippen molar-refractivity contribution in [1.82, 2.24) is 0 Å². The predicted octanol–water partition coefficient (Wildman–Crippen LogP) is 4.94. The fourth-order valence-electron chi connectivity index (χ4n) is 2.87. The highest BCUT2D eigenvalue weighted by molar-refractivity contribution is 5.97. The van der Waals surface area contributed by atoms with Gasteiger partial charge in [-0.05, 0) is 36.0 Å². The molecule has 1 N–H and O–H groups in total. The molecule has 0 saturated heterocycles. The Morgan fingerprint density at radius 2 is 1.50 bits per heavy atom. The molecule has 0 radical (unpaired) electrons. The Morgan fingerprint density at radius 3 is 2.00 bits per heavy atom. The van der Waals surface area contributed by atoms with Gasteiger partial charge in [-0.2, -0.15) is 0 Å². The van der Waals surface area contributed by atoms with Gasteiger partial charge < -0.3 is 5.32 Å². The molecule has 22 heavy (non-hydrogen) atoms. The minimum absolute atomic E-state index is 0.0873. The molecule has 0 bridgehead atoms. The summed E-state index contributed by atoms with van der Waals surface area (Å²) in [6, 6.07) is 16.3. The quantitative estimate of drug-likeness (QED) is 0.803. The Labute approximate surface area is 133 Å². The van der Waals surface area contributed by atoms with Crippen LogP contribution in [0.15, 0.2) is 48.5 Å². The van der Waals surface area contributed by atoms with E-state index in [9.17, 15) is 4.79 Å². The van der Waals surface area contributed by atoms with E-state index >= 15 is 0 Å². The number of carbonyl (C=O) groups excluding carboxylic acids is 1. The average Bonchev–Trinajstić information content (AvgIpc) is 2.56. The van der Waals surface area contributed by atoms with Gasteiger partial charge in [0.05, 0.1) is 5.92 Å². The smallest absolute Gasteiger partial charge is 0.231 e. The van der Waals surface area contributed by atoms with Gasteiger partial charge >= 0.3 is 0 Å². The number of nitrogens with one attached hydrogen (secondary N) is 1. The largest absolute Gasteiger partial charge is 0.325 e. The molecule has 0 aliphatic carbocycles. The second kappa shape index (κ2) is 7.79. The molecule has 2 heteroatoms. The van der Waals surface area contributed by atoms with Crippen molar-refractivity contribution in [2.45, 2.75) is 46.0 Å². The minimum atomic E-state index is -0.101. The maximum absolute atomic E-state index is 12.8. The molecule has 2 rings (SSSR count). The van der Waals surface area contributed by atoms with Gasteiger partial charge in [0.25, 0.3) is 0 Å². The summed E-state index contributed by atoms with van der Waals surface area (Å²) >= 11 is 0. The van der Waals surface area contributed by atoms with Gasteiger partial charge in [0, 0.05) is 5.69 Å². The van der Waals surface area contributed by atoms with E-state index in [0.717, 1.165) is 30.5 Å². The first-order valence-corrected chi connectivity index (χ1v) is 8.17. The SMILES string of the molecule is CCc1cccc(CC)c1NC(=O)[C@H](CC)c1ccccc1. The number of para-hydroxylation sites is 1. The van der Waals surface area contributed by atoms with Crippen LogP contribution in [0.25, 0.3) is 0 Å². The first-order valence-electron chi connectivity index (χ1n) is 8.17. The van der Waals surface area contributed by atoms with Crippen LogP contribution < -0.4 is 5.32 Å². The summed E-state index contributed by atoms with van der Waals surface area (Å²) < 4.78 is 0. The molecule has 0 heterocycles. The molecule has 0 saturated carbocycles. The first kappa shape index (κ1) is 16.3. The number of rotatable bonds is 6. The monoisotopic (exact) mass is 295 g/mol. The summed E-state index contributed by atoms with van der Waals surface area (Å²) in [7, 11) is 0. The molecule has 2 aromatic carbocycles. The van der Waals surface area contributed by atoms with Crippen LogP contribution in [0.5, 0.6) is 0 Å². The lowest BCUT2D eigenvalue weighted by Crippen LogP contribution is -2.22. The van der Waals surface area contributed by atoms with Crippen molar-refractivity contribution >= 4 is 11.6 Å². The summed E-state index contributed by atoms with van der Waals surface area (Å²) in [6.45, 7) is 6.31. The zero-order valence-corrected chi connectivity index (χ0v) is 13.7. The molecule has 0 unspecified atom stereocenters. The average molecular weight is 295 g/mol. The summed E-state index contributed by atoms with van der Waals surface area (Å²) in [5, 5.41) is 3.19. The number of hydrogen-bond donors (Lipinski definition) is 1. The molecule has 1 amide bonds. The lowest BCUT2D eigenvalue weighted by Gasteiger charge is -2.19. The second-order valence-corrected chi connectivity index (χ2v) is 5.52. The Kier molecular flexibility index (Phi) is 5.76. The summed E-state index contributed by atoms with van der Waals surface area (Å²) in [4.78, 5) is 12.8. The molecule has 1 atom stereocenters. The van der Waals surface area contributed by atoms with Crippen molar-refractivity contribution in [2.75, 3.05) is 5.32 Å². The molecular weight excluding hydrogens is 270 g/mol. The maximum atomic E-state index is 12.8. The van der Waals surface area contributed by atoms with E-state index in [-0.39, 0.29) is 11.8 Å². The van der Waals surface area contributed by atoms with Crippen LogP contribution in [0, 0.1) is 0 Å². The molecule has 0 aliphatic heterocycles. The van der Waals surface area contributed by atoms with Gasteiger partial charge in [0.2, 0.25) is 5.91 Å². The van der Waals surface area contributed by atoms with Crippen molar-refractivity contribution in [1.29, 1.82) is 0 Å². The summed E-state index contributed by atoms with van der Waals surface area (Å²) in [6.07, 6.45) is 2.64. The zero-order chi connectivity index (χ0) is 15.9. The molecule has 116 valence electrons. The van der Waals surface area contributed by atoms with E-state index in [1.165, 1.54) is 11.1 Å². The van der Waals surface area contributed by atoms with Crippen LogP contribution in [0.3, 0.4) is 0 Å². The van der Waals surface area contributed by atoms with Gasteiger partial charge in [0.1, 0.15) is 0 Å². The van der Waals surface area contributed by atoms with Crippen molar-refractivity contribution in [3.8, 4) is 0 Å². The highest BCUT2D eigenvalue weighted by Gasteiger charge is 2.20. The summed E-state index contributed by atoms with van der Waals surface area (Å²) in [5.74, 6) is -0.0138. The van der Waals surface area contributed by atoms with Gasteiger partial charge in [-0.3, -0.25) is 4.79 Å². The molecule has 2 aromatic rings. The molecule has 0 aromatic heterocycles. The van der Waals surface area contributed by atoms with Crippen LogP contribution in [-0.4, -0.2) is 5.91 Å². The topological polar surface area (TPSA) is 29.1 Å². The highest BCUT2D eigenvalue weighted by Crippen LogP contribution is 2.26. The van der Waals surface area contributed by atoms with Crippen molar-refractivity contribution in [3.63, 3.8) is 0 Å². The maximum Gasteiger partial charge on any atom is 0.231 e. The van der Waals surface area contributed by atoms with E-state index in [2.05, 4.69) is 44.3 Å². The van der Waals surface area contributed by atoms with E-state index in [1.807, 2.05) is 30.3 Å². The number of aryl methyl sites for hydroxylation is 2. The molecule has 2 nitrogen and oxygen atoms in total. The second-order valence-electron chi connectivity index (χ2n) is 5.52. The summed E-state index contributed by atoms with van der Waals surface area (Å²) in [5.41, 5.74) is 4.49. The predicted molar refractivity (Wildman–Crippen MR) is 93.3 cm³/mol. The van der Waals surface area contributed by atoms with Crippen LogP contribution in [-0.2, 0) is 17.6 Å². The third-order valence-electron chi connectivity index (χ3n) is 4.17. The van der Waals surface area contributed by atoms with Gasteiger partial charge in [0.15, 0.2) is 0 Å². The number of carbonyl (C=O) groups is 1. The zero-order valence-electron chi connectivity index (χ0n) is 13.7. The van der Waals surface area contributed by atoms with Gasteiger partial charge in [-0.25, -0.2) is 0 Å². The van der Waals surface area contributed by atoms with Crippen LogP contribution in [0.1, 0.15) is 49.8 Å². The first-order chi connectivity index (χ1) is 10.7. The van der Waals surface area contributed by atoms with Gasteiger partial charge in [-0.1, -0.05) is 69.3 Å². The van der Waals surface area contributed by atoms with E-state index in [4.69, 9.17) is 0 Å². The number of hydrogen-bond acceptors (Lipinski definition) is 1. The minimum Gasteiger partial charge on any atom is -0.325 e. The molecule has 0 aliphatic rings. The third kappa shape index (κ3) is 3.56. The van der Waals surface area contributed by atoms with Crippen LogP contribution in [0.4, 0.5) is 5.69 Å². The fourth-order valence-corrected chi connectivity index (χ4v) is 2.87. The van der Waals surface area contributed by atoms with E-state index < -0.39 is 0 Å². The third-order valence-corrected chi connectivity index (χ3v) is 4.17. The van der Waals surface area contributed by atoms with Crippen molar-refractivity contribution in [3.05, 3.63) is 65.2 Å².